The van der Waals surface area contributed by atoms with Crippen LogP contribution in [0.1, 0.15) is 5.56 Å². The monoisotopic (exact) mass is 480 g/mol. The van der Waals surface area contributed by atoms with Crippen molar-refractivity contribution >= 4 is 38.1 Å². The van der Waals surface area contributed by atoms with Crippen molar-refractivity contribution in [2.24, 2.45) is 5.10 Å². The fourth-order valence-electron chi connectivity index (χ4n) is 2.89. The van der Waals surface area contributed by atoms with Crippen LogP contribution in [0.2, 0.25) is 0 Å². The second-order valence-corrected chi connectivity index (χ2v) is 9.34. The molecular formula is C19H21BrN4O4S. The molecule has 1 aliphatic heterocycles. The van der Waals surface area contributed by atoms with Crippen LogP contribution in [0, 0.1) is 0 Å². The van der Waals surface area contributed by atoms with Gasteiger partial charge in [0.2, 0.25) is 10.0 Å². The lowest BCUT2D eigenvalue weighted by Crippen LogP contribution is -2.50. The molecule has 0 spiro atoms. The summed E-state index contributed by atoms with van der Waals surface area (Å²) in [6.07, 6.45) is 1.37. The largest absolute Gasteiger partial charge is 0.507 e. The van der Waals surface area contributed by atoms with Crippen LogP contribution >= 0.6 is 15.9 Å². The first-order valence-corrected chi connectivity index (χ1v) is 11.2. The maximum Gasteiger partial charge on any atom is 0.254 e. The maximum atomic E-state index is 12.7. The minimum atomic E-state index is -3.54. The summed E-state index contributed by atoms with van der Waals surface area (Å²) < 4.78 is 27.7. The summed E-state index contributed by atoms with van der Waals surface area (Å²) in [6, 6.07) is 13.2. The van der Waals surface area contributed by atoms with Gasteiger partial charge in [-0.05, 0) is 36.4 Å². The van der Waals surface area contributed by atoms with Crippen molar-refractivity contribution in [1.82, 2.24) is 14.6 Å². The number of carbonyl (C=O) groups is 1. The highest BCUT2D eigenvalue weighted by molar-refractivity contribution is 9.10. The first kappa shape index (κ1) is 21.4. The van der Waals surface area contributed by atoms with E-state index in [0.717, 1.165) is 4.47 Å². The molecule has 2 aromatic rings. The van der Waals surface area contributed by atoms with E-state index >= 15 is 0 Å². The van der Waals surface area contributed by atoms with Crippen molar-refractivity contribution in [2.45, 2.75) is 4.90 Å². The first-order chi connectivity index (χ1) is 13.9. The van der Waals surface area contributed by atoms with Crippen LogP contribution in [-0.4, -0.2) is 67.6 Å². The predicted molar refractivity (Wildman–Crippen MR) is 113 cm³/mol. The van der Waals surface area contributed by atoms with E-state index in [2.05, 4.69) is 26.5 Å². The number of benzene rings is 2. The van der Waals surface area contributed by atoms with E-state index in [1.807, 2.05) is 4.90 Å². The Hall–Kier alpha value is -2.27. The third-order valence-corrected chi connectivity index (χ3v) is 6.92. The molecule has 2 N–H and O–H groups in total. The molecule has 29 heavy (non-hydrogen) atoms. The number of carbonyl (C=O) groups excluding carboxylic acids is 1. The molecular weight excluding hydrogens is 460 g/mol. The van der Waals surface area contributed by atoms with Gasteiger partial charge in [0.05, 0.1) is 17.7 Å². The van der Waals surface area contributed by atoms with Gasteiger partial charge in [-0.15, -0.1) is 0 Å². The lowest BCUT2D eigenvalue weighted by Gasteiger charge is -2.33. The van der Waals surface area contributed by atoms with Gasteiger partial charge in [0.15, 0.2) is 0 Å². The number of piperazine rings is 1. The quantitative estimate of drug-likeness (QED) is 0.482. The van der Waals surface area contributed by atoms with Crippen molar-refractivity contribution in [1.29, 1.82) is 0 Å². The Kier molecular flexibility index (Phi) is 7.01. The van der Waals surface area contributed by atoms with Crippen LogP contribution in [0.25, 0.3) is 0 Å². The van der Waals surface area contributed by atoms with Crippen molar-refractivity contribution < 1.29 is 18.3 Å². The lowest BCUT2D eigenvalue weighted by molar-refractivity contribution is -0.122. The molecule has 1 amide bonds. The average Bonchev–Trinajstić information content (AvgIpc) is 2.70. The number of nitrogens with zero attached hydrogens (tertiary/aromatic N) is 3. The number of para-hydroxylation sites is 1. The number of phenolic OH excluding ortho intramolecular Hbond substituents is 1. The molecule has 2 aromatic carbocycles. The minimum Gasteiger partial charge on any atom is -0.507 e. The van der Waals surface area contributed by atoms with E-state index in [9.17, 15) is 18.3 Å². The number of nitrogens with one attached hydrogen (secondary N) is 1. The van der Waals surface area contributed by atoms with E-state index < -0.39 is 10.0 Å². The van der Waals surface area contributed by atoms with Gasteiger partial charge in [-0.3, -0.25) is 9.69 Å². The number of phenols is 1. The molecule has 0 aromatic heterocycles. The number of rotatable bonds is 6. The molecule has 0 saturated carbocycles. The van der Waals surface area contributed by atoms with E-state index in [-0.39, 0.29) is 23.1 Å². The summed E-state index contributed by atoms with van der Waals surface area (Å²) in [4.78, 5) is 14.2. The fourth-order valence-corrected chi connectivity index (χ4v) is 4.58. The van der Waals surface area contributed by atoms with Crippen LogP contribution in [0.15, 0.2) is 63.0 Å². The van der Waals surface area contributed by atoms with E-state index in [0.29, 0.717) is 31.7 Å². The highest BCUT2D eigenvalue weighted by atomic mass is 79.9. The van der Waals surface area contributed by atoms with Gasteiger partial charge in [-0.25, -0.2) is 13.8 Å². The summed E-state index contributed by atoms with van der Waals surface area (Å²) in [6.45, 7) is 1.64. The van der Waals surface area contributed by atoms with Gasteiger partial charge >= 0.3 is 0 Å². The van der Waals surface area contributed by atoms with Crippen LogP contribution in [0.4, 0.5) is 0 Å². The van der Waals surface area contributed by atoms with Crippen molar-refractivity contribution in [3.8, 4) is 5.75 Å². The van der Waals surface area contributed by atoms with Crippen LogP contribution in [0.3, 0.4) is 0 Å². The number of hydrogen-bond donors (Lipinski definition) is 2. The van der Waals surface area contributed by atoms with E-state index in [1.54, 1.807) is 42.5 Å². The Morgan fingerprint density at radius 3 is 2.41 bits per heavy atom. The molecule has 0 atom stereocenters. The topological polar surface area (TPSA) is 102 Å². The van der Waals surface area contributed by atoms with Crippen LogP contribution in [-0.2, 0) is 14.8 Å². The number of halogens is 1. The Balaban J connectivity index is 1.48. The van der Waals surface area contributed by atoms with Crippen LogP contribution < -0.4 is 5.43 Å². The number of aromatic hydroxyl groups is 1. The number of hydrazone groups is 1. The fraction of sp³-hybridized carbons (Fsp3) is 0.263. The molecule has 0 aliphatic carbocycles. The zero-order valence-electron chi connectivity index (χ0n) is 15.5. The third kappa shape index (κ3) is 5.63. The molecule has 1 saturated heterocycles. The van der Waals surface area contributed by atoms with Gasteiger partial charge < -0.3 is 5.11 Å². The molecule has 1 heterocycles. The molecule has 1 aliphatic rings. The van der Waals surface area contributed by atoms with Gasteiger partial charge in [-0.1, -0.05) is 28.1 Å². The van der Waals surface area contributed by atoms with E-state index in [1.165, 1.54) is 16.6 Å². The van der Waals surface area contributed by atoms with Gasteiger partial charge in [-0.2, -0.15) is 9.41 Å². The van der Waals surface area contributed by atoms with Gasteiger partial charge in [0, 0.05) is 36.2 Å². The zero-order chi connectivity index (χ0) is 20.9. The van der Waals surface area contributed by atoms with Crippen molar-refractivity contribution in [3.05, 3.63) is 58.6 Å². The summed E-state index contributed by atoms with van der Waals surface area (Å²) in [7, 11) is -3.54. The summed E-state index contributed by atoms with van der Waals surface area (Å²) in [5, 5.41) is 13.5. The van der Waals surface area contributed by atoms with Crippen molar-refractivity contribution in [2.75, 3.05) is 32.7 Å². The summed E-state index contributed by atoms with van der Waals surface area (Å²) >= 11 is 3.30. The molecule has 0 unspecified atom stereocenters. The number of amides is 1. The summed E-state index contributed by atoms with van der Waals surface area (Å²) in [5.74, 6) is -0.227. The van der Waals surface area contributed by atoms with Crippen LogP contribution in [0.5, 0.6) is 5.75 Å². The van der Waals surface area contributed by atoms with Gasteiger partial charge in [0.1, 0.15) is 5.75 Å². The Morgan fingerprint density at radius 2 is 1.76 bits per heavy atom. The first-order valence-electron chi connectivity index (χ1n) is 8.94. The molecule has 0 bridgehead atoms. The summed E-state index contributed by atoms with van der Waals surface area (Å²) in [5.41, 5.74) is 2.92. The molecule has 154 valence electrons. The molecule has 0 radical (unpaired) electrons. The smallest absolute Gasteiger partial charge is 0.254 e. The molecule has 1 fully saturated rings. The normalized spacial score (nSPS) is 16.2. The van der Waals surface area contributed by atoms with Gasteiger partial charge in [0.25, 0.3) is 5.91 Å². The Morgan fingerprint density at radius 1 is 1.10 bits per heavy atom. The lowest BCUT2D eigenvalue weighted by atomic mass is 10.2. The van der Waals surface area contributed by atoms with Crippen molar-refractivity contribution in [3.63, 3.8) is 0 Å². The SMILES string of the molecule is O=C(CN1CCN(S(=O)(=O)c2ccc(Br)cc2)CC1)NN=Cc1ccccc1O. The molecule has 8 nitrogen and oxygen atoms in total. The molecule has 3 rings (SSSR count). The second-order valence-electron chi connectivity index (χ2n) is 6.49. The zero-order valence-corrected chi connectivity index (χ0v) is 17.9. The number of sulfonamides is 1. The molecule has 10 heteroatoms. The Bertz CT molecular complexity index is 988. The minimum absolute atomic E-state index is 0.0774. The highest BCUT2D eigenvalue weighted by Crippen LogP contribution is 2.20. The van der Waals surface area contributed by atoms with E-state index in [4.69, 9.17) is 0 Å². The maximum absolute atomic E-state index is 12.7. The predicted octanol–water partition coefficient (Wildman–Crippen LogP) is 1.61. The standard InChI is InChI=1S/C19H21BrN4O4S/c20-16-5-7-17(8-6-16)29(27,28)24-11-9-23(10-12-24)14-19(26)22-21-13-15-3-1-2-4-18(15)25/h1-8,13,25H,9-12,14H2,(H,22,26). The average molecular weight is 481 g/mol. The highest BCUT2D eigenvalue weighted by Gasteiger charge is 2.28. The third-order valence-electron chi connectivity index (χ3n) is 4.48. The number of hydrogen-bond acceptors (Lipinski definition) is 6. The Labute approximate surface area is 178 Å². The second kappa shape index (κ2) is 9.49.